The summed E-state index contributed by atoms with van der Waals surface area (Å²) in [7, 11) is 0. The second-order valence-electron chi connectivity index (χ2n) is 8.73. The van der Waals surface area contributed by atoms with Crippen LogP contribution >= 0.6 is 0 Å². The average Bonchev–Trinajstić information content (AvgIpc) is 3.06. The minimum absolute atomic E-state index is 0.178. The van der Waals surface area contributed by atoms with Crippen LogP contribution in [0.1, 0.15) is 45.6 Å². The molecule has 0 atom stereocenters. The molecule has 0 unspecified atom stereocenters. The van der Waals surface area contributed by atoms with Crippen LogP contribution in [0.5, 0.6) is 5.88 Å². The standard InChI is InChI=1S/C22H23F3N4O2/c1-21(2,3)20(30)27-16-11-13(7-8-15(16)22(23,24)25)17-12-29-18(26-17)9-10-19(28-29)31-14-5-4-6-14/h7-12,14H,4-6H2,1-3H3,(H,27,30). The fourth-order valence-corrected chi connectivity index (χ4v) is 3.09. The molecule has 1 fully saturated rings. The number of fused-ring (bicyclic) bond motifs is 1. The van der Waals surface area contributed by atoms with E-state index in [9.17, 15) is 18.0 Å². The van der Waals surface area contributed by atoms with E-state index in [-0.39, 0.29) is 11.8 Å². The minimum Gasteiger partial charge on any atom is -0.473 e. The van der Waals surface area contributed by atoms with Crippen LogP contribution in [0.25, 0.3) is 16.9 Å². The summed E-state index contributed by atoms with van der Waals surface area (Å²) in [5.74, 6) is -0.0312. The van der Waals surface area contributed by atoms with E-state index < -0.39 is 23.1 Å². The average molecular weight is 432 g/mol. The fraction of sp³-hybridized carbons (Fsp3) is 0.409. The Morgan fingerprint density at radius 3 is 2.52 bits per heavy atom. The summed E-state index contributed by atoms with van der Waals surface area (Å²) < 4.78 is 47.8. The number of benzene rings is 1. The molecular formula is C22H23F3N4O2. The van der Waals surface area contributed by atoms with E-state index >= 15 is 0 Å². The summed E-state index contributed by atoms with van der Waals surface area (Å²) in [5, 5.41) is 6.80. The Morgan fingerprint density at radius 2 is 1.90 bits per heavy atom. The van der Waals surface area contributed by atoms with Crippen LogP contribution in [0.15, 0.2) is 36.5 Å². The predicted octanol–water partition coefficient (Wildman–Crippen LogP) is 5.33. The quantitative estimate of drug-likeness (QED) is 0.605. The van der Waals surface area contributed by atoms with Gasteiger partial charge in [-0.05, 0) is 37.5 Å². The molecule has 1 amide bonds. The van der Waals surface area contributed by atoms with Crippen molar-refractivity contribution >= 4 is 17.2 Å². The summed E-state index contributed by atoms with van der Waals surface area (Å²) in [6, 6.07) is 7.06. The van der Waals surface area contributed by atoms with Crippen molar-refractivity contribution in [2.75, 3.05) is 5.32 Å². The zero-order valence-electron chi connectivity index (χ0n) is 17.5. The van der Waals surface area contributed by atoms with Crippen molar-refractivity contribution in [1.82, 2.24) is 14.6 Å². The highest BCUT2D eigenvalue weighted by atomic mass is 19.4. The van der Waals surface area contributed by atoms with E-state index in [1.165, 1.54) is 16.6 Å². The number of nitrogens with one attached hydrogen (secondary N) is 1. The molecule has 2 heterocycles. The van der Waals surface area contributed by atoms with E-state index in [0.29, 0.717) is 22.8 Å². The van der Waals surface area contributed by atoms with Gasteiger partial charge in [-0.25, -0.2) is 9.50 Å². The zero-order chi connectivity index (χ0) is 22.4. The molecule has 9 heteroatoms. The van der Waals surface area contributed by atoms with Crippen molar-refractivity contribution < 1.29 is 22.7 Å². The third kappa shape index (κ3) is 4.50. The number of ether oxygens (including phenoxy) is 1. The van der Waals surface area contributed by atoms with Gasteiger partial charge in [-0.1, -0.05) is 26.8 Å². The van der Waals surface area contributed by atoms with Crippen LogP contribution in [-0.4, -0.2) is 26.6 Å². The van der Waals surface area contributed by atoms with E-state index in [1.807, 2.05) is 0 Å². The lowest BCUT2D eigenvalue weighted by atomic mass is 9.95. The maximum Gasteiger partial charge on any atom is 0.418 e. The SMILES string of the molecule is CC(C)(C)C(=O)Nc1cc(-c2cn3nc(OC4CCC4)ccc3n2)ccc1C(F)(F)F. The number of nitrogens with zero attached hydrogens (tertiary/aromatic N) is 3. The van der Waals surface area contributed by atoms with Crippen molar-refractivity contribution in [3.05, 3.63) is 42.1 Å². The summed E-state index contributed by atoms with van der Waals surface area (Å²) in [4.78, 5) is 16.8. The van der Waals surface area contributed by atoms with Crippen molar-refractivity contribution in [3.63, 3.8) is 0 Å². The summed E-state index contributed by atoms with van der Waals surface area (Å²) >= 11 is 0. The molecule has 0 saturated heterocycles. The molecule has 31 heavy (non-hydrogen) atoms. The highest BCUT2D eigenvalue weighted by Crippen LogP contribution is 2.38. The highest BCUT2D eigenvalue weighted by molar-refractivity contribution is 5.96. The second kappa shape index (κ2) is 7.55. The predicted molar refractivity (Wildman–Crippen MR) is 110 cm³/mol. The monoisotopic (exact) mass is 432 g/mol. The number of carbonyl (C=O) groups excluding carboxylic acids is 1. The Morgan fingerprint density at radius 1 is 1.16 bits per heavy atom. The third-order valence-electron chi connectivity index (χ3n) is 5.19. The van der Waals surface area contributed by atoms with Crippen LogP contribution < -0.4 is 10.1 Å². The molecule has 164 valence electrons. The second-order valence-corrected chi connectivity index (χ2v) is 8.73. The van der Waals surface area contributed by atoms with Gasteiger partial charge in [-0.15, -0.1) is 5.10 Å². The summed E-state index contributed by atoms with van der Waals surface area (Å²) in [6.07, 6.45) is 0.350. The van der Waals surface area contributed by atoms with Gasteiger partial charge in [-0.3, -0.25) is 4.79 Å². The maximum atomic E-state index is 13.5. The van der Waals surface area contributed by atoms with E-state index in [1.54, 1.807) is 39.1 Å². The zero-order valence-corrected chi connectivity index (χ0v) is 17.5. The van der Waals surface area contributed by atoms with Gasteiger partial charge in [0, 0.05) is 17.0 Å². The molecule has 0 bridgehead atoms. The number of rotatable bonds is 4. The molecule has 1 aliphatic rings. The Bertz CT molecular complexity index is 1130. The van der Waals surface area contributed by atoms with Crippen molar-refractivity contribution in [3.8, 4) is 17.1 Å². The molecule has 3 aromatic rings. The molecular weight excluding hydrogens is 409 g/mol. The van der Waals surface area contributed by atoms with Crippen molar-refractivity contribution in [2.24, 2.45) is 5.41 Å². The van der Waals surface area contributed by atoms with Crippen LogP contribution in [0.2, 0.25) is 0 Å². The summed E-state index contributed by atoms with van der Waals surface area (Å²) in [5.41, 5.74) is -0.646. The number of amides is 1. The molecule has 0 spiro atoms. The number of hydrogen-bond donors (Lipinski definition) is 1. The topological polar surface area (TPSA) is 68.5 Å². The molecule has 1 saturated carbocycles. The van der Waals surface area contributed by atoms with Crippen molar-refractivity contribution in [1.29, 1.82) is 0 Å². The lowest BCUT2D eigenvalue weighted by Gasteiger charge is -2.25. The molecule has 1 aliphatic carbocycles. The van der Waals surface area contributed by atoms with Crippen molar-refractivity contribution in [2.45, 2.75) is 52.3 Å². The van der Waals surface area contributed by atoms with Crippen LogP contribution in [0, 0.1) is 5.41 Å². The fourth-order valence-electron chi connectivity index (χ4n) is 3.09. The van der Waals surface area contributed by atoms with E-state index in [2.05, 4.69) is 15.4 Å². The number of alkyl halides is 3. The van der Waals surface area contributed by atoms with Gasteiger partial charge in [0.05, 0.1) is 23.1 Å². The van der Waals surface area contributed by atoms with Crippen LogP contribution in [-0.2, 0) is 11.0 Å². The highest BCUT2D eigenvalue weighted by Gasteiger charge is 2.35. The number of anilines is 1. The molecule has 4 rings (SSSR count). The summed E-state index contributed by atoms with van der Waals surface area (Å²) in [6.45, 7) is 4.91. The number of imidazole rings is 1. The Labute approximate surface area is 177 Å². The van der Waals surface area contributed by atoms with Gasteiger partial charge in [0.15, 0.2) is 5.65 Å². The molecule has 6 nitrogen and oxygen atoms in total. The molecule has 2 aromatic heterocycles. The van der Waals surface area contributed by atoms with Gasteiger partial charge in [0.1, 0.15) is 6.10 Å². The van der Waals surface area contributed by atoms with Gasteiger partial charge in [-0.2, -0.15) is 13.2 Å². The smallest absolute Gasteiger partial charge is 0.418 e. The number of halogens is 3. The first-order chi connectivity index (χ1) is 14.5. The molecule has 0 radical (unpaired) electrons. The van der Waals surface area contributed by atoms with Gasteiger partial charge in [0.2, 0.25) is 11.8 Å². The molecule has 1 aromatic carbocycles. The lowest BCUT2D eigenvalue weighted by molar-refractivity contribution is -0.137. The first kappa shape index (κ1) is 21.1. The minimum atomic E-state index is -4.60. The van der Waals surface area contributed by atoms with E-state index in [0.717, 1.165) is 25.3 Å². The molecule has 0 aliphatic heterocycles. The van der Waals surface area contributed by atoms with Gasteiger partial charge in [0.25, 0.3) is 0 Å². The van der Waals surface area contributed by atoms with E-state index in [4.69, 9.17) is 4.74 Å². The first-order valence-electron chi connectivity index (χ1n) is 10.1. The Kier molecular flexibility index (Phi) is 5.15. The van der Waals surface area contributed by atoms with Crippen LogP contribution in [0.4, 0.5) is 18.9 Å². The lowest BCUT2D eigenvalue weighted by Crippen LogP contribution is -2.28. The Hall–Kier alpha value is -3.10. The molecule has 1 N–H and O–H groups in total. The van der Waals surface area contributed by atoms with Gasteiger partial charge >= 0.3 is 6.18 Å². The Balaban J connectivity index is 1.68. The first-order valence-corrected chi connectivity index (χ1v) is 10.1. The number of carbonyl (C=O) groups is 1. The third-order valence-corrected chi connectivity index (χ3v) is 5.19. The number of aromatic nitrogens is 3. The van der Waals surface area contributed by atoms with Gasteiger partial charge < -0.3 is 10.1 Å². The number of hydrogen-bond acceptors (Lipinski definition) is 4. The normalized spacial score (nSPS) is 15.0. The largest absolute Gasteiger partial charge is 0.473 e. The van der Waals surface area contributed by atoms with Crippen LogP contribution in [0.3, 0.4) is 0 Å². The maximum absolute atomic E-state index is 13.5.